The summed E-state index contributed by atoms with van der Waals surface area (Å²) in [6.45, 7) is 1.86. The predicted molar refractivity (Wildman–Crippen MR) is 124 cm³/mol. The highest BCUT2D eigenvalue weighted by Gasteiger charge is 2.28. The number of nitrogens with one attached hydrogen (secondary N) is 2. The van der Waals surface area contributed by atoms with Gasteiger partial charge in [-0.05, 0) is 42.3 Å². The highest BCUT2D eigenvalue weighted by Crippen LogP contribution is 2.37. The van der Waals surface area contributed by atoms with Gasteiger partial charge in [0.05, 0.1) is 18.5 Å². The molecule has 2 N–H and O–H groups in total. The molecule has 9 nitrogen and oxygen atoms in total. The van der Waals surface area contributed by atoms with Crippen molar-refractivity contribution >= 4 is 44.9 Å². The number of ether oxygens (including phenoxy) is 1. The lowest BCUT2D eigenvalue weighted by Gasteiger charge is -2.14. The molecule has 1 amide bonds. The second kappa shape index (κ2) is 8.87. The van der Waals surface area contributed by atoms with Crippen LogP contribution < -0.4 is 14.8 Å². The predicted octanol–water partition coefficient (Wildman–Crippen LogP) is 3.95. The zero-order valence-electron chi connectivity index (χ0n) is 17.9. The van der Waals surface area contributed by atoms with Gasteiger partial charge in [0.2, 0.25) is 11.8 Å². The van der Waals surface area contributed by atoms with Crippen molar-refractivity contribution in [3.05, 3.63) is 53.2 Å². The Labute approximate surface area is 195 Å². The SMILES string of the molecule is CCc1nn2c(c1-c1ccc(OC)c(S(=O)(=O)Nc3cccc(Cl)c3)c1)NC(=O)CCC2=O. The number of amides is 1. The van der Waals surface area contributed by atoms with Crippen LogP contribution in [0, 0.1) is 0 Å². The lowest BCUT2D eigenvalue weighted by atomic mass is 10.0. The minimum Gasteiger partial charge on any atom is -0.495 e. The molecule has 2 heterocycles. The van der Waals surface area contributed by atoms with Gasteiger partial charge in [0, 0.05) is 23.4 Å². The fraction of sp³-hybridized carbons (Fsp3) is 0.227. The Morgan fingerprint density at radius 3 is 2.67 bits per heavy atom. The van der Waals surface area contributed by atoms with E-state index in [1.54, 1.807) is 24.3 Å². The van der Waals surface area contributed by atoms with Gasteiger partial charge < -0.3 is 10.1 Å². The van der Waals surface area contributed by atoms with E-state index in [0.717, 1.165) is 0 Å². The summed E-state index contributed by atoms with van der Waals surface area (Å²) in [4.78, 5) is 24.6. The summed E-state index contributed by atoms with van der Waals surface area (Å²) in [5.74, 6) is -0.261. The molecule has 0 spiro atoms. The standard InChI is InChI=1S/C22H21ClN4O5S/c1-3-16-21(22-24-19(28)9-10-20(29)27(22)25-16)13-7-8-17(32-2)18(11-13)33(30,31)26-15-6-4-5-14(23)12-15/h4-8,11-12,26H,3,9-10H2,1-2H3,(H,24,28). The zero-order valence-corrected chi connectivity index (χ0v) is 19.5. The Morgan fingerprint density at radius 1 is 1.18 bits per heavy atom. The van der Waals surface area contributed by atoms with Crippen LogP contribution in [0.25, 0.3) is 11.1 Å². The number of halogens is 1. The molecule has 11 heteroatoms. The van der Waals surface area contributed by atoms with E-state index in [9.17, 15) is 18.0 Å². The van der Waals surface area contributed by atoms with Crippen molar-refractivity contribution in [3.8, 4) is 16.9 Å². The molecular formula is C22H21ClN4O5S. The fourth-order valence-corrected chi connectivity index (χ4v) is 5.07. The first-order valence-electron chi connectivity index (χ1n) is 10.1. The average molecular weight is 489 g/mol. The number of hydrogen-bond donors (Lipinski definition) is 2. The van der Waals surface area contributed by atoms with E-state index in [2.05, 4.69) is 15.1 Å². The second-order valence-corrected chi connectivity index (χ2v) is 9.45. The molecule has 0 aliphatic carbocycles. The monoisotopic (exact) mass is 488 g/mol. The molecule has 172 valence electrons. The highest BCUT2D eigenvalue weighted by atomic mass is 35.5. The minimum atomic E-state index is -4.07. The quantitative estimate of drug-likeness (QED) is 0.542. The van der Waals surface area contributed by atoms with E-state index in [4.69, 9.17) is 16.3 Å². The second-order valence-electron chi connectivity index (χ2n) is 7.36. The summed E-state index contributed by atoms with van der Waals surface area (Å²) in [6.07, 6.45) is 0.553. The van der Waals surface area contributed by atoms with E-state index >= 15 is 0 Å². The van der Waals surface area contributed by atoms with Crippen molar-refractivity contribution in [1.29, 1.82) is 0 Å². The Morgan fingerprint density at radius 2 is 1.97 bits per heavy atom. The van der Waals surface area contributed by atoms with Gasteiger partial charge in [-0.25, -0.2) is 8.42 Å². The van der Waals surface area contributed by atoms with Crippen LogP contribution in [0.4, 0.5) is 11.5 Å². The first kappa shape index (κ1) is 22.8. The molecule has 0 atom stereocenters. The Bertz CT molecular complexity index is 1370. The number of fused-ring (bicyclic) bond motifs is 1. The maximum absolute atomic E-state index is 13.2. The molecule has 0 radical (unpaired) electrons. The number of carbonyl (C=O) groups is 2. The van der Waals surface area contributed by atoms with Crippen LogP contribution in [-0.2, 0) is 21.2 Å². The normalized spacial score (nSPS) is 13.8. The summed E-state index contributed by atoms with van der Waals surface area (Å²) in [5, 5.41) is 7.49. The third-order valence-corrected chi connectivity index (χ3v) is 6.81. The number of sulfonamides is 1. The Balaban J connectivity index is 1.86. The van der Waals surface area contributed by atoms with Crippen LogP contribution in [0.15, 0.2) is 47.4 Å². The Kier molecular flexibility index (Phi) is 6.13. The van der Waals surface area contributed by atoms with E-state index < -0.39 is 10.0 Å². The average Bonchev–Trinajstić information content (AvgIpc) is 3.08. The van der Waals surface area contributed by atoms with E-state index in [0.29, 0.717) is 34.0 Å². The summed E-state index contributed by atoms with van der Waals surface area (Å²) in [5.41, 5.74) is 1.80. The fourth-order valence-electron chi connectivity index (χ4n) is 3.64. The zero-order chi connectivity index (χ0) is 23.8. The first-order valence-corrected chi connectivity index (χ1v) is 12.0. The lowest BCUT2D eigenvalue weighted by molar-refractivity contribution is -0.116. The van der Waals surface area contributed by atoms with Gasteiger partial charge in [-0.2, -0.15) is 9.78 Å². The number of hydrogen-bond acceptors (Lipinski definition) is 6. The number of rotatable bonds is 6. The molecular weight excluding hydrogens is 468 g/mol. The number of benzene rings is 2. The molecule has 1 aliphatic heterocycles. The lowest BCUT2D eigenvalue weighted by Crippen LogP contribution is -2.14. The molecule has 0 fully saturated rings. The third kappa shape index (κ3) is 4.44. The molecule has 4 rings (SSSR count). The highest BCUT2D eigenvalue weighted by molar-refractivity contribution is 7.92. The van der Waals surface area contributed by atoms with Gasteiger partial charge in [0.1, 0.15) is 16.5 Å². The largest absolute Gasteiger partial charge is 0.495 e. The number of methoxy groups -OCH3 is 1. The van der Waals surface area contributed by atoms with Crippen molar-refractivity contribution in [1.82, 2.24) is 9.78 Å². The van der Waals surface area contributed by atoms with Gasteiger partial charge >= 0.3 is 0 Å². The molecule has 33 heavy (non-hydrogen) atoms. The van der Waals surface area contributed by atoms with Crippen LogP contribution >= 0.6 is 11.6 Å². The summed E-state index contributed by atoms with van der Waals surface area (Å²) >= 11 is 5.98. The van der Waals surface area contributed by atoms with Crippen LogP contribution in [0.5, 0.6) is 5.75 Å². The van der Waals surface area contributed by atoms with Gasteiger partial charge in [-0.15, -0.1) is 0 Å². The van der Waals surface area contributed by atoms with E-state index in [1.807, 2.05) is 6.92 Å². The molecule has 0 saturated heterocycles. The van der Waals surface area contributed by atoms with Crippen molar-refractivity contribution in [3.63, 3.8) is 0 Å². The molecule has 1 aliphatic rings. The third-order valence-electron chi connectivity index (χ3n) is 5.17. The summed E-state index contributed by atoms with van der Waals surface area (Å²) < 4.78 is 35.5. The van der Waals surface area contributed by atoms with Gasteiger partial charge in [0.15, 0.2) is 0 Å². The number of carbonyl (C=O) groups excluding carboxylic acids is 2. The van der Waals surface area contributed by atoms with Crippen LogP contribution in [-0.4, -0.2) is 37.1 Å². The van der Waals surface area contributed by atoms with Gasteiger partial charge in [-0.3, -0.25) is 14.3 Å². The number of nitrogens with zero attached hydrogens (tertiary/aromatic N) is 2. The minimum absolute atomic E-state index is 0.0366. The number of anilines is 2. The van der Waals surface area contributed by atoms with Crippen molar-refractivity contribution in [2.45, 2.75) is 31.1 Å². The first-order chi connectivity index (χ1) is 15.7. The topological polar surface area (TPSA) is 119 Å². The summed E-state index contributed by atoms with van der Waals surface area (Å²) in [7, 11) is -2.70. The van der Waals surface area contributed by atoms with Gasteiger partial charge in [0.25, 0.3) is 10.0 Å². The van der Waals surface area contributed by atoms with Crippen molar-refractivity contribution < 1.29 is 22.7 Å². The maximum Gasteiger partial charge on any atom is 0.265 e. The van der Waals surface area contributed by atoms with E-state index in [-0.39, 0.29) is 41.1 Å². The molecule has 3 aromatic rings. The molecule has 0 bridgehead atoms. The molecule has 1 aromatic heterocycles. The molecule has 0 saturated carbocycles. The van der Waals surface area contributed by atoms with Gasteiger partial charge in [-0.1, -0.05) is 30.7 Å². The van der Waals surface area contributed by atoms with Crippen LogP contribution in [0.1, 0.15) is 30.3 Å². The maximum atomic E-state index is 13.2. The van der Waals surface area contributed by atoms with E-state index in [1.165, 1.54) is 30.0 Å². The van der Waals surface area contributed by atoms with Crippen LogP contribution in [0.3, 0.4) is 0 Å². The smallest absolute Gasteiger partial charge is 0.265 e. The Hall–Kier alpha value is -3.37. The molecule has 0 unspecified atom stereocenters. The van der Waals surface area contributed by atoms with Crippen LogP contribution in [0.2, 0.25) is 5.02 Å². The number of aromatic nitrogens is 2. The van der Waals surface area contributed by atoms with Crippen molar-refractivity contribution in [2.24, 2.45) is 0 Å². The molecule has 2 aromatic carbocycles. The van der Waals surface area contributed by atoms with Crippen molar-refractivity contribution in [2.75, 3.05) is 17.1 Å². The number of aryl methyl sites for hydroxylation is 1. The summed E-state index contributed by atoms with van der Waals surface area (Å²) in [6, 6.07) is 10.9.